The monoisotopic (exact) mass is 344 g/mol. The Morgan fingerprint density at radius 2 is 1.75 bits per heavy atom. The molecule has 0 saturated heterocycles. The highest BCUT2D eigenvalue weighted by atomic mass is 32.2. The molecule has 0 unspecified atom stereocenters. The predicted octanol–water partition coefficient (Wildman–Crippen LogP) is 3.12. The quantitative estimate of drug-likeness (QED) is 0.875. The van der Waals surface area contributed by atoms with Crippen LogP contribution >= 0.6 is 0 Å². The van der Waals surface area contributed by atoms with E-state index in [1.165, 1.54) is 11.1 Å². The molecule has 2 aromatic carbocycles. The number of benzene rings is 2. The van der Waals surface area contributed by atoms with Gasteiger partial charge in [-0.3, -0.25) is 9.52 Å². The number of hydrogen-bond donors (Lipinski definition) is 2. The van der Waals surface area contributed by atoms with Gasteiger partial charge in [0.05, 0.1) is 6.26 Å². The van der Waals surface area contributed by atoms with Gasteiger partial charge in [0, 0.05) is 17.8 Å². The maximum atomic E-state index is 12.3. The molecular weight excluding hydrogens is 324 g/mol. The van der Waals surface area contributed by atoms with Gasteiger partial charge in [0.2, 0.25) is 15.9 Å². The highest BCUT2D eigenvalue weighted by Crippen LogP contribution is 2.35. The molecule has 0 heterocycles. The van der Waals surface area contributed by atoms with Crippen LogP contribution < -0.4 is 10.0 Å². The standard InChI is InChI=1S/C18H20N2O3S/c1-24(22,23)20-16-10-8-15(9-11-16)19-18(21)12-14-7-6-13-4-2-3-5-17(13)14/h2-5,8-11,14,20H,6-7,12H2,1H3,(H,19,21)/t14-/m1/s1. The molecule has 5 nitrogen and oxygen atoms in total. The molecule has 3 rings (SSSR count). The van der Waals surface area contributed by atoms with Crippen molar-refractivity contribution in [3.05, 3.63) is 59.7 Å². The summed E-state index contributed by atoms with van der Waals surface area (Å²) in [6.45, 7) is 0. The van der Waals surface area contributed by atoms with Gasteiger partial charge in [0.25, 0.3) is 0 Å². The third-order valence-corrected chi connectivity index (χ3v) is 4.77. The van der Waals surface area contributed by atoms with Crippen LogP contribution in [0.3, 0.4) is 0 Å². The van der Waals surface area contributed by atoms with Crippen LogP contribution in [-0.4, -0.2) is 20.6 Å². The van der Waals surface area contributed by atoms with Crippen molar-refractivity contribution in [1.82, 2.24) is 0 Å². The van der Waals surface area contributed by atoms with Crippen molar-refractivity contribution in [2.45, 2.75) is 25.2 Å². The van der Waals surface area contributed by atoms with Crippen LogP contribution in [0.25, 0.3) is 0 Å². The minimum atomic E-state index is -3.29. The van der Waals surface area contributed by atoms with E-state index in [1.807, 2.05) is 12.1 Å². The normalized spacial score (nSPS) is 16.5. The van der Waals surface area contributed by atoms with E-state index in [0.717, 1.165) is 19.1 Å². The highest BCUT2D eigenvalue weighted by Gasteiger charge is 2.24. The number of carbonyl (C=O) groups is 1. The average Bonchev–Trinajstić information content (AvgIpc) is 2.91. The number of carbonyl (C=O) groups excluding carboxylic acids is 1. The SMILES string of the molecule is CS(=O)(=O)Nc1ccc(NC(=O)C[C@H]2CCc3ccccc32)cc1. The summed E-state index contributed by atoms with van der Waals surface area (Å²) >= 11 is 0. The summed E-state index contributed by atoms with van der Waals surface area (Å²) < 4.78 is 24.7. The molecule has 1 amide bonds. The van der Waals surface area contributed by atoms with E-state index in [-0.39, 0.29) is 11.8 Å². The number of sulfonamides is 1. The lowest BCUT2D eigenvalue weighted by molar-refractivity contribution is -0.116. The molecule has 0 saturated carbocycles. The van der Waals surface area contributed by atoms with Crippen molar-refractivity contribution >= 4 is 27.3 Å². The minimum absolute atomic E-state index is 0.0273. The smallest absolute Gasteiger partial charge is 0.229 e. The number of aryl methyl sites for hydroxylation is 1. The van der Waals surface area contributed by atoms with Crippen molar-refractivity contribution in [3.63, 3.8) is 0 Å². The summed E-state index contributed by atoms with van der Waals surface area (Å²) in [5.41, 5.74) is 3.75. The van der Waals surface area contributed by atoms with E-state index < -0.39 is 10.0 Å². The molecular formula is C18H20N2O3S. The van der Waals surface area contributed by atoms with E-state index in [2.05, 4.69) is 22.2 Å². The van der Waals surface area contributed by atoms with Gasteiger partial charge in [-0.2, -0.15) is 0 Å². The molecule has 0 spiro atoms. The fraction of sp³-hybridized carbons (Fsp3) is 0.278. The second-order valence-corrected chi connectivity index (χ2v) is 7.89. The Kier molecular flexibility index (Phi) is 4.57. The van der Waals surface area contributed by atoms with Crippen molar-refractivity contribution in [3.8, 4) is 0 Å². The van der Waals surface area contributed by atoms with Crippen LogP contribution in [0.2, 0.25) is 0 Å². The summed E-state index contributed by atoms with van der Waals surface area (Å²) in [7, 11) is -3.29. The van der Waals surface area contributed by atoms with Crippen LogP contribution in [0.1, 0.15) is 29.9 Å². The molecule has 2 N–H and O–H groups in total. The molecule has 1 aliphatic carbocycles. The summed E-state index contributed by atoms with van der Waals surface area (Å²) in [5, 5.41) is 2.87. The Morgan fingerprint density at radius 1 is 1.08 bits per heavy atom. The second kappa shape index (κ2) is 6.65. The number of anilines is 2. The Hall–Kier alpha value is -2.34. The van der Waals surface area contributed by atoms with E-state index in [0.29, 0.717) is 17.8 Å². The van der Waals surface area contributed by atoms with Crippen molar-refractivity contribution < 1.29 is 13.2 Å². The summed E-state index contributed by atoms with van der Waals surface area (Å²) in [4.78, 5) is 12.3. The van der Waals surface area contributed by atoms with Gasteiger partial charge in [0.15, 0.2) is 0 Å². The first-order valence-corrected chi connectivity index (χ1v) is 9.75. The van der Waals surface area contributed by atoms with Crippen molar-refractivity contribution in [2.24, 2.45) is 0 Å². The van der Waals surface area contributed by atoms with Gasteiger partial charge in [-0.25, -0.2) is 8.42 Å². The van der Waals surface area contributed by atoms with Gasteiger partial charge in [0.1, 0.15) is 0 Å². The first-order valence-electron chi connectivity index (χ1n) is 7.86. The van der Waals surface area contributed by atoms with Crippen LogP contribution in [-0.2, 0) is 21.2 Å². The van der Waals surface area contributed by atoms with Gasteiger partial charge in [-0.05, 0) is 54.2 Å². The molecule has 126 valence electrons. The maximum absolute atomic E-state index is 12.3. The third-order valence-electron chi connectivity index (χ3n) is 4.16. The fourth-order valence-corrected chi connectivity index (χ4v) is 3.69. The third kappa shape index (κ3) is 4.14. The lowest BCUT2D eigenvalue weighted by Gasteiger charge is -2.12. The minimum Gasteiger partial charge on any atom is -0.326 e. The Labute approximate surface area is 142 Å². The van der Waals surface area contributed by atoms with Crippen LogP contribution in [0.5, 0.6) is 0 Å². The molecule has 1 atom stereocenters. The second-order valence-electron chi connectivity index (χ2n) is 6.14. The van der Waals surface area contributed by atoms with Crippen molar-refractivity contribution in [1.29, 1.82) is 0 Å². The van der Waals surface area contributed by atoms with Crippen molar-refractivity contribution in [2.75, 3.05) is 16.3 Å². The molecule has 6 heteroatoms. The fourth-order valence-electron chi connectivity index (χ4n) is 3.13. The number of hydrogen-bond acceptors (Lipinski definition) is 3. The first kappa shape index (κ1) is 16.5. The summed E-state index contributed by atoms with van der Waals surface area (Å²) in [6.07, 6.45) is 3.59. The summed E-state index contributed by atoms with van der Waals surface area (Å²) in [5.74, 6) is 0.243. The Morgan fingerprint density at radius 3 is 2.46 bits per heavy atom. The lowest BCUT2D eigenvalue weighted by Crippen LogP contribution is -2.15. The number of fused-ring (bicyclic) bond motifs is 1. The zero-order valence-corrected chi connectivity index (χ0v) is 14.3. The molecule has 1 aliphatic rings. The lowest BCUT2D eigenvalue weighted by atomic mass is 9.97. The maximum Gasteiger partial charge on any atom is 0.229 e. The van der Waals surface area contributed by atoms with E-state index >= 15 is 0 Å². The molecule has 0 aromatic heterocycles. The zero-order chi connectivity index (χ0) is 17.2. The predicted molar refractivity (Wildman–Crippen MR) is 95.7 cm³/mol. The van der Waals surface area contributed by atoms with E-state index in [4.69, 9.17) is 0 Å². The summed E-state index contributed by atoms with van der Waals surface area (Å²) in [6, 6.07) is 14.9. The zero-order valence-electron chi connectivity index (χ0n) is 13.5. The highest BCUT2D eigenvalue weighted by molar-refractivity contribution is 7.92. The number of amides is 1. The first-order chi connectivity index (χ1) is 11.4. The number of rotatable bonds is 5. The van der Waals surface area contributed by atoms with Crippen LogP contribution in [0.4, 0.5) is 11.4 Å². The Balaban J connectivity index is 1.60. The molecule has 0 bridgehead atoms. The van der Waals surface area contributed by atoms with E-state index in [1.54, 1.807) is 24.3 Å². The van der Waals surface area contributed by atoms with Gasteiger partial charge in [-0.15, -0.1) is 0 Å². The molecule has 2 aromatic rings. The van der Waals surface area contributed by atoms with Gasteiger partial charge < -0.3 is 5.32 Å². The van der Waals surface area contributed by atoms with Gasteiger partial charge >= 0.3 is 0 Å². The van der Waals surface area contributed by atoms with E-state index in [9.17, 15) is 13.2 Å². The molecule has 0 aliphatic heterocycles. The van der Waals surface area contributed by atoms with Gasteiger partial charge in [-0.1, -0.05) is 24.3 Å². The molecule has 0 fully saturated rings. The number of nitrogens with one attached hydrogen (secondary N) is 2. The van der Waals surface area contributed by atoms with Crippen LogP contribution in [0.15, 0.2) is 48.5 Å². The topological polar surface area (TPSA) is 75.3 Å². The molecule has 0 radical (unpaired) electrons. The largest absolute Gasteiger partial charge is 0.326 e. The average molecular weight is 344 g/mol. The molecule has 24 heavy (non-hydrogen) atoms. The van der Waals surface area contributed by atoms with Crippen LogP contribution in [0, 0.1) is 0 Å². The Bertz CT molecular complexity index is 845.